The number of hydrogen-bond acceptors (Lipinski definition) is 3. The van der Waals surface area contributed by atoms with Gasteiger partial charge in [0.05, 0.1) is 0 Å². The molecule has 0 saturated carbocycles. The van der Waals surface area contributed by atoms with Gasteiger partial charge in [0.2, 0.25) is 0 Å². The number of aryl methyl sites for hydroxylation is 2. The largest absolute Gasteiger partial charge is 0.371 e. The van der Waals surface area contributed by atoms with Gasteiger partial charge in [0.25, 0.3) is 0 Å². The second kappa shape index (κ2) is 5.57. The molecule has 0 atom stereocenters. The predicted octanol–water partition coefficient (Wildman–Crippen LogP) is 4.17. The van der Waals surface area contributed by atoms with Crippen LogP contribution in [0.4, 0.5) is 14.6 Å². The van der Waals surface area contributed by atoms with Crippen LogP contribution in [-0.2, 0) is 0 Å². The van der Waals surface area contributed by atoms with Crippen molar-refractivity contribution in [3.8, 4) is 0 Å². The van der Waals surface area contributed by atoms with Gasteiger partial charge in [-0.1, -0.05) is 17.8 Å². The average Bonchev–Trinajstić information content (AvgIpc) is 2.37. The molecule has 0 aliphatic heterocycles. The molecule has 0 amide bonds. The first-order valence-corrected chi connectivity index (χ1v) is 6.62. The lowest BCUT2D eigenvalue weighted by Crippen LogP contribution is -1.99. The molecule has 0 radical (unpaired) electrons. The van der Waals surface area contributed by atoms with Crippen molar-refractivity contribution in [3.05, 3.63) is 47.0 Å². The van der Waals surface area contributed by atoms with Crippen molar-refractivity contribution < 1.29 is 8.78 Å². The second-order valence-electron chi connectivity index (χ2n) is 4.20. The van der Waals surface area contributed by atoms with E-state index in [2.05, 4.69) is 10.3 Å². The summed E-state index contributed by atoms with van der Waals surface area (Å²) in [6.07, 6.45) is 0. The lowest BCUT2D eigenvalue weighted by atomic mass is 10.1. The Hall–Kier alpha value is -1.62. The van der Waals surface area contributed by atoms with E-state index in [0.717, 1.165) is 16.5 Å². The summed E-state index contributed by atoms with van der Waals surface area (Å²) < 4.78 is 27.0. The van der Waals surface area contributed by atoms with Crippen LogP contribution < -0.4 is 5.32 Å². The van der Waals surface area contributed by atoms with Crippen LogP contribution in [0.25, 0.3) is 0 Å². The number of anilines is 1. The van der Waals surface area contributed by atoms with Crippen molar-refractivity contribution in [2.75, 3.05) is 12.4 Å². The molecule has 0 fully saturated rings. The molecule has 0 aliphatic carbocycles. The lowest BCUT2D eigenvalue weighted by molar-refractivity contribution is 0.551. The highest BCUT2D eigenvalue weighted by Crippen LogP contribution is 2.31. The van der Waals surface area contributed by atoms with E-state index in [0.29, 0.717) is 0 Å². The topological polar surface area (TPSA) is 24.9 Å². The fourth-order valence-corrected chi connectivity index (χ4v) is 2.47. The predicted molar refractivity (Wildman–Crippen MR) is 73.7 cm³/mol. The smallest absolute Gasteiger partial charge is 0.168 e. The number of hydrogen-bond donors (Lipinski definition) is 1. The van der Waals surface area contributed by atoms with E-state index < -0.39 is 11.6 Å². The number of benzene rings is 1. The zero-order valence-corrected chi connectivity index (χ0v) is 11.7. The van der Waals surface area contributed by atoms with Crippen molar-refractivity contribution in [3.63, 3.8) is 0 Å². The third-order valence-corrected chi connectivity index (χ3v) is 3.80. The fourth-order valence-electron chi connectivity index (χ4n) is 1.59. The lowest BCUT2D eigenvalue weighted by Gasteiger charge is -2.08. The van der Waals surface area contributed by atoms with Gasteiger partial charge in [-0.2, -0.15) is 0 Å². The number of halogens is 2. The van der Waals surface area contributed by atoms with Crippen molar-refractivity contribution in [2.24, 2.45) is 0 Å². The van der Waals surface area contributed by atoms with Crippen molar-refractivity contribution in [1.82, 2.24) is 4.98 Å². The summed E-state index contributed by atoms with van der Waals surface area (Å²) in [6, 6.07) is 6.68. The van der Waals surface area contributed by atoms with E-state index in [-0.39, 0.29) is 10.8 Å². The van der Waals surface area contributed by atoms with E-state index in [1.54, 1.807) is 7.05 Å². The molecule has 19 heavy (non-hydrogen) atoms. The summed E-state index contributed by atoms with van der Waals surface area (Å²) in [6.45, 7) is 4.01. The number of pyridine rings is 1. The summed E-state index contributed by atoms with van der Waals surface area (Å²) in [5, 5.41) is 2.76. The highest BCUT2D eigenvalue weighted by molar-refractivity contribution is 7.99. The third-order valence-electron chi connectivity index (χ3n) is 2.83. The zero-order valence-electron chi connectivity index (χ0n) is 10.9. The fraction of sp³-hybridized carbons (Fsp3) is 0.214. The van der Waals surface area contributed by atoms with E-state index in [1.165, 1.54) is 17.3 Å². The molecule has 2 rings (SSSR count). The average molecular weight is 280 g/mol. The quantitative estimate of drug-likeness (QED) is 0.913. The van der Waals surface area contributed by atoms with Crippen molar-refractivity contribution >= 4 is 17.6 Å². The summed E-state index contributed by atoms with van der Waals surface area (Å²) >= 11 is 1.18. The molecule has 0 unspecified atom stereocenters. The van der Waals surface area contributed by atoms with Crippen LogP contribution in [0.2, 0.25) is 0 Å². The molecule has 1 N–H and O–H groups in total. The number of rotatable bonds is 3. The first-order valence-electron chi connectivity index (χ1n) is 5.80. The SMILES string of the molecule is CNc1nc(Sc2ccc(C)c(C)c2)c(F)cc1F. The molecule has 100 valence electrons. The van der Waals surface area contributed by atoms with Gasteiger partial charge in [-0.15, -0.1) is 0 Å². The van der Waals surface area contributed by atoms with Crippen molar-refractivity contribution in [1.29, 1.82) is 0 Å². The third kappa shape index (κ3) is 3.04. The maximum absolute atomic E-state index is 13.7. The van der Waals surface area contributed by atoms with Crippen molar-refractivity contribution in [2.45, 2.75) is 23.8 Å². The van der Waals surface area contributed by atoms with Crippen LogP contribution in [0.3, 0.4) is 0 Å². The van der Waals surface area contributed by atoms with Crippen LogP contribution in [0.1, 0.15) is 11.1 Å². The summed E-state index contributed by atoms with van der Waals surface area (Å²) in [5.74, 6) is -1.29. The van der Waals surface area contributed by atoms with Gasteiger partial charge < -0.3 is 5.32 Å². The summed E-state index contributed by atoms with van der Waals surface area (Å²) in [5.41, 5.74) is 2.30. The maximum Gasteiger partial charge on any atom is 0.168 e. The zero-order chi connectivity index (χ0) is 14.0. The molecule has 1 heterocycles. The second-order valence-corrected chi connectivity index (χ2v) is 5.27. The molecule has 1 aromatic heterocycles. The maximum atomic E-state index is 13.7. The Kier molecular flexibility index (Phi) is 4.04. The van der Waals surface area contributed by atoms with Gasteiger partial charge >= 0.3 is 0 Å². The van der Waals surface area contributed by atoms with Crippen LogP contribution in [0.5, 0.6) is 0 Å². The molecule has 0 bridgehead atoms. The first kappa shape index (κ1) is 13.8. The molecule has 5 heteroatoms. The molecule has 0 saturated heterocycles. The Morgan fingerprint density at radius 2 is 1.79 bits per heavy atom. The molecule has 2 nitrogen and oxygen atoms in total. The normalized spacial score (nSPS) is 10.6. The van der Waals surface area contributed by atoms with E-state index >= 15 is 0 Å². The number of nitrogens with zero attached hydrogens (tertiary/aromatic N) is 1. The molecule has 0 spiro atoms. The Balaban J connectivity index is 2.34. The minimum absolute atomic E-state index is 0.0488. The minimum atomic E-state index is -0.690. The molecular weight excluding hydrogens is 266 g/mol. The summed E-state index contributed by atoms with van der Waals surface area (Å²) in [4.78, 5) is 4.82. The van der Waals surface area contributed by atoms with Crippen LogP contribution in [0.15, 0.2) is 34.2 Å². The Morgan fingerprint density at radius 1 is 1.05 bits per heavy atom. The van der Waals surface area contributed by atoms with E-state index in [9.17, 15) is 8.78 Å². The Labute approximate surface area is 115 Å². The van der Waals surface area contributed by atoms with Gasteiger partial charge in [-0.05, 0) is 37.1 Å². The monoisotopic (exact) mass is 280 g/mol. The highest BCUT2D eigenvalue weighted by Gasteiger charge is 2.12. The Morgan fingerprint density at radius 3 is 2.42 bits per heavy atom. The van der Waals surface area contributed by atoms with Crippen LogP contribution in [0, 0.1) is 25.5 Å². The van der Waals surface area contributed by atoms with E-state index in [1.807, 2.05) is 32.0 Å². The summed E-state index contributed by atoms with van der Waals surface area (Å²) in [7, 11) is 1.55. The van der Waals surface area contributed by atoms with E-state index in [4.69, 9.17) is 0 Å². The Bertz CT molecular complexity index is 615. The minimum Gasteiger partial charge on any atom is -0.371 e. The molecule has 0 aliphatic rings. The molecular formula is C14H14F2N2S. The van der Waals surface area contributed by atoms with Crippen LogP contribution in [-0.4, -0.2) is 12.0 Å². The molecule has 1 aromatic carbocycles. The van der Waals surface area contributed by atoms with Crippen LogP contribution >= 0.6 is 11.8 Å². The number of aromatic nitrogens is 1. The van der Waals surface area contributed by atoms with Gasteiger partial charge in [0.15, 0.2) is 17.5 Å². The van der Waals surface area contributed by atoms with Gasteiger partial charge in [0, 0.05) is 18.0 Å². The van der Waals surface area contributed by atoms with Gasteiger partial charge in [-0.25, -0.2) is 13.8 Å². The highest BCUT2D eigenvalue weighted by atomic mass is 32.2. The van der Waals surface area contributed by atoms with Gasteiger partial charge in [0.1, 0.15) is 5.03 Å². The first-order chi connectivity index (χ1) is 9.01. The molecule has 2 aromatic rings. The van der Waals surface area contributed by atoms with Gasteiger partial charge in [-0.3, -0.25) is 0 Å². The number of nitrogens with one attached hydrogen (secondary N) is 1. The standard InChI is InChI=1S/C14H14F2N2S/c1-8-4-5-10(6-9(8)2)19-14-12(16)7-11(15)13(17-3)18-14/h4-7H,1-3H3,(H,17,18).